The minimum atomic E-state index is -0.949. The lowest BCUT2D eigenvalue weighted by Gasteiger charge is -2.28. The summed E-state index contributed by atoms with van der Waals surface area (Å²) in [6.45, 7) is 11.1. The molecule has 6 atom stereocenters. The first kappa shape index (κ1) is 17.2. The molecule has 138 valence electrons. The van der Waals surface area contributed by atoms with Gasteiger partial charge >= 0.3 is 11.9 Å². The molecule has 2 aliphatic heterocycles. The second-order valence-electron chi connectivity index (χ2n) is 7.86. The third kappa shape index (κ3) is 2.24. The molecular formula is C20H22O6. The Kier molecular flexibility index (Phi) is 3.57. The van der Waals surface area contributed by atoms with Crippen LogP contribution in [0.3, 0.4) is 0 Å². The summed E-state index contributed by atoms with van der Waals surface area (Å²) in [6, 6.07) is 0. The molecule has 26 heavy (non-hydrogen) atoms. The molecule has 0 amide bonds. The molecule has 2 aliphatic carbocycles. The molecular weight excluding hydrogens is 336 g/mol. The van der Waals surface area contributed by atoms with Crippen molar-refractivity contribution in [1.82, 2.24) is 0 Å². The van der Waals surface area contributed by atoms with Crippen molar-refractivity contribution in [3.63, 3.8) is 0 Å². The van der Waals surface area contributed by atoms with E-state index in [4.69, 9.17) is 14.2 Å². The van der Waals surface area contributed by atoms with Crippen molar-refractivity contribution in [2.45, 2.75) is 58.0 Å². The van der Waals surface area contributed by atoms with E-state index in [0.717, 1.165) is 11.1 Å². The van der Waals surface area contributed by atoms with Gasteiger partial charge in [-0.05, 0) is 33.8 Å². The number of esters is 2. The highest BCUT2D eigenvalue weighted by Gasteiger charge is 2.59. The number of carbonyl (C=O) groups excluding carboxylic acids is 3. The van der Waals surface area contributed by atoms with Gasteiger partial charge in [0.2, 0.25) is 0 Å². The van der Waals surface area contributed by atoms with Crippen molar-refractivity contribution < 1.29 is 28.6 Å². The first-order valence-corrected chi connectivity index (χ1v) is 8.86. The first-order chi connectivity index (χ1) is 12.1. The van der Waals surface area contributed by atoms with Crippen molar-refractivity contribution in [1.29, 1.82) is 0 Å². The highest BCUT2D eigenvalue weighted by atomic mass is 16.7. The van der Waals surface area contributed by atoms with Crippen molar-refractivity contribution in [3.8, 4) is 0 Å². The molecule has 2 fully saturated rings. The third-order valence-corrected chi connectivity index (χ3v) is 6.19. The number of allylic oxidation sites excluding steroid dienone is 1. The second kappa shape index (κ2) is 5.39. The van der Waals surface area contributed by atoms with Crippen LogP contribution in [0.5, 0.6) is 0 Å². The van der Waals surface area contributed by atoms with E-state index in [1.165, 1.54) is 0 Å². The molecule has 0 aromatic carbocycles. The van der Waals surface area contributed by atoms with E-state index < -0.39 is 35.7 Å². The van der Waals surface area contributed by atoms with Gasteiger partial charge in [-0.15, -0.1) is 0 Å². The Labute approximate surface area is 151 Å². The van der Waals surface area contributed by atoms with Crippen molar-refractivity contribution >= 4 is 17.7 Å². The summed E-state index contributed by atoms with van der Waals surface area (Å²) >= 11 is 0. The minimum absolute atomic E-state index is 0.0598. The lowest BCUT2D eigenvalue weighted by Crippen LogP contribution is -2.38. The molecule has 0 radical (unpaired) electrons. The van der Waals surface area contributed by atoms with Crippen molar-refractivity contribution in [3.05, 3.63) is 34.9 Å². The van der Waals surface area contributed by atoms with Crippen LogP contribution >= 0.6 is 0 Å². The monoisotopic (exact) mass is 358 g/mol. The van der Waals surface area contributed by atoms with Gasteiger partial charge in [0, 0.05) is 23.5 Å². The third-order valence-electron chi connectivity index (χ3n) is 6.19. The Balaban J connectivity index is 1.72. The predicted octanol–water partition coefficient (Wildman–Crippen LogP) is 2.04. The summed E-state index contributed by atoms with van der Waals surface area (Å²) in [7, 11) is 0. The number of ketones is 1. The van der Waals surface area contributed by atoms with Gasteiger partial charge in [0.25, 0.3) is 0 Å². The van der Waals surface area contributed by atoms with Crippen LogP contribution in [0, 0.1) is 11.8 Å². The average molecular weight is 358 g/mol. The standard InChI is InChI=1S/C20H22O6/c1-8-6-12(21)14-9(2)7-13(24-19(23)20(5)11(4)26-20)16-10(3)18(22)25-17(16)15(8)14/h6,11,13,15-17H,3,7H2,1-2,4-5H3. The zero-order valence-corrected chi connectivity index (χ0v) is 15.3. The van der Waals surface area contributed by atoms with Crippen LogP contribution in [0.15, 0.2) is 34.9 Å². The summed E-state index contributed by atoms with van der Waals surface area (Å²) in [5.74, 6) is -1.78. The number of hydrogen-bond acceptors (Lipinski definition) is 6. The molecule has 6 heteroatoms. The van der Waals surface area contributed by atoms with Gasteiger partial charge in [0.1, 0.15) is 12.2 Å². The van der Waals surface area contributed by atoms with Gasteiger partial charge in [-0.25, -0.2) is 9.59 Å². The number of ether oxygens (including phenoxy) is 3. The van der Waals surface area contributed by atoms with Crippen LogP contribution in [-0.4, -0.2) is 41.6 Å². The van der Waals surface area contributed by atoms with Crippen LogP contribution in [0.4, 0.5) is 0 Å². The maximum atomic E-state index is 12.6. The number of fused-ring (bicyclic) bond motifs is 3. The summed E-state index contributed by atoms with van der Waals surface area (Å²) in [4.78, 5) is 37.2. The van der Waals surface area contributed by atoms with E-state index in [0.29, 0.717) is 17.6 Å². The molecule has 0 saturated carbocycles. The Morgan fingerprint density at radius 3 is 2.62 bits per heavy atom. The van der Waals surface area contributed by atoms with E-state index >= 15 is 0 Å². The number of carbonyl (C=O) groups is 3. The normalized spacial score (nSPS) is 41.3. The van der Waals surface area contributed by atoms with Crippen LogP contribution in [-0.2, 0) is 28.6 Å². The summed E-state index contributed by atoms with van der Waals surface area (Å²) in [5.41, 5.74) is 1.72. The van der Waals surface area contributed by atoms with E-state index in [-0.39, 0.29) is 17.8 Å². The average Bonchev–Trinajstić information content (AvgIpc) is 2.95. The second-order valence-corrected chi connectivity index (χ2v) is 7.86. The number of hydrogen-bond donors (Lipinski definition) is 0. The lowest BCUT2D eigenvalue weighted by atomic mass is 9.82. The van der Waals surface area contributed by atoms with Gasteiger partial charge in [-0.3, -0.25) is 4.79 Å². The predicted molar refractivity (Wildman–Crippen MR) is 90.9 cm³/mol. The van der Waals surface area contributed by atoms with E-state index in [1.54, 1.807) is 13.0 Å². The maximum absolute atomic E-state index is 12.6. The topological polar surface area (TPSA) is 82.2 Å². The number of rotatable bonds is 2. The molecule has 0 aromatic heterocycles. The van der Waals surface area contributed by atoms with Gasteiger partial charge in [-0.1, -0.05) is 17.7 Å². The molecule has 4 aliphatic rings. The van der Waals surface area contributed by atoms with Gasteiger partial charge in [0.05, 0.1) is 12.0 Å². The van der Waals surface area contributed by atoms with Gasteiger partial charge in [-0.2, -0.15) is 0 Å². The largest absolute Gasteiger partial charge is 0.459 e. The molecule has 6 unspecified atom stereocenters. The van der Waals surface area contributed by atoms with Crippen molar-refractivity contribution in [2.75, 3.05) is 0 Å². The fourth-order valence-electron chi connectivity index (χ4n) is 4.43. The molecule has 0 N–H and O–H groups in total. The Hall–Kier alpha value is -2.21. The fourth-order valence-corrected chi connectivity index (χ4v) is 4.43. The zero-order valence-electron chi connectivity index (χ0n) is 15.3. The molecule has 2 heterocycles. The fraction of sp³-hybridized carbons (Fsp3) is 0.550. The Morgan fingerprint density at radius 1 is 1.35 bits per heavy atom. The quantitative estimate of drug-likeness (QED) is 0.427. The molecule has 6 nitrogen and oxygen atoms in total. The van der Waals surface area contributed by atoms with Crippen molar-refractivity contribution in [2.24, 2.45) is 11.8 Å². The summed E-state index contributed by atoms with van der Waals surface area (Å²) in [6.07, 6.45) is 0.576. The number of epoxide rings is 1. The van der Waals surface area contributed by atoms with E-state index in [1.807, 2.05) is 20.8 Å². The Bertz CT molecular complexity index is 818. The van der Waals surface area contributed by atoms with E-state index in [9.17, 15) is 14.4 Å². The Morgan fingerprint density at radius 2 is 2.00 bits per heavy atom. The van der Waals surface area contributed by atoms with Crippen LogP contribution < -0.4 is 0 Å². The smallest absolute Gasteiger partial charge is 0.341 e. The lowest BCUT2D eigenvalue weighted by molar-refractivity contribution is -0.158. The minimum Gasteiger partial charge on any atom is -0.459 e. The first-order valence-electron chi connectivity index (χ1n) is 8.86. The van der Waals surface area contributed by atoms with Gasteiger partial charge < -0.3 is 14.2 Å². The molecule has 0 bridgehead atoms. The molecule has 0 aromatic rings. The molecule has 0 spiro atoms. The summed E-state index contributed by atoms with van der Waals surface area (Å²) < 4.78 is 16.7. The van der Waals surface area contributed by atoms with Gasteiger partial charge in [0.15, 0.2) is 11.4 Å². The van der Waals surface area contributed by atoms with Crippen LogP contribution in [0.1, 0.15) is 34.1 Å². The zero-order chi connectivity index (χ0) is 19.0. The maximum Gasteiger partial charge on any atom is 0.341 e. The summed E-state index contributed by atoms with van der Waals surface area (Å²) in [5, 5.41) is 0. The highest BCUT2D eigenvalue weighted by molar-refractivity contribution is 6.09. The van der Waals surface area contributed by atoms with Crippen LogP contribution in [0.25, 0.3) is 0 Å². The molecule has 2 saturated heterocycles. The molecule has 4 rings (SSSR count). The highest BCUT2D eigenvalue weighted by Crippen LogP contribution is 2.49. The van der Waals surface area contributed by atoms with E-state index in [2.05, 4.69) is 6.58 Å². The van der Waals surface area contributed by atoms with Crippen LogP contribution in [0.2, 0.25) is 0 Å². The SMILES string of the molecule is C=C1C(=O)OC2C3C(C)=CC(=O)C3=C(C)CC(OC(=O)C3(C)OC3C)C12.